The molecule has 0 bridgehead atoms. The molecule has 0 aliphatic heterocycles. The second kappa shape index (κ2) is 4.45. The van der Waals surface area contributed by atoms with E-state index in [0.717, 1.165) is 0 Å². The van der Waals surface area contributed by atoms with E-state index in [2.05, 4.69) is 10.1 Å². The monoisotopic (exact) mass is 197 g/mol. The zero-order valence-electron chi connectivity index (χ0n) is 7.49. The van der Waals surface area contributed by atoms with Gasteiger partial charge in [-0.05, 0) is 24.1 Å². The van der Waals surface area contributed by atoms with Gasteiger partial charge in [0, 0.05) is 4.53 Å². The summed E-state index contributed by atoms with van der Waals surface area (Å²) in [6.45, 7) is 1.59. The highest BCUT2D eigenvalue weighted by molar-refractivity contribution is 5.90. The minimum atomic E-state index is -1.06. The molecular formula is C9H8FNO3. The average molecular weight is 197 g/mol. The van der Waals surface area contributed by atoms with Gasteiger partial charge in [0.05, 0.1) is 5.56 Å². The zero-order chi connectivity index (χ0) is 10.6. The smallest absolute Gasteiger partial charge is 0.249 e. The molecule has 0 heterocycles. The molecule has 1 aromatic rings. The third-order valence-electron chi connectivity index (χ3n) is 1.84. The summed E-state index contributed by atoms with van der Waals surface area (Å²) in [5.74, 6) is -1.06. The number of nitrogens with zero attached hydrogens (tertiary/aromatic N) is 1. The number of hydrogen-bond acceptors (Lipinski definition) is 4. The number of aryl methyl sites for hydroxylation is 1. The lowest BCUT2D eigenvalue weighted by atomic mass is 10.1. The summed E-state index contributed by atoms with van der Waals surface area (Å²) in [5, 5.41) is 2.67. The van der Waals surface area contributed by atoms with Crippen molar-refractivity contribution in [2.24, 2.45) is 5.18 Å². The summed E-state index contributed by atoms with van der Waals surface area (Å²) in [6.07, 6.45) is 0. The van der Waals surface area contributed by atoms with E-state index in [0.29, 0.717) is 11.1 Å². The molecule has 0 unspecified atom stereocenters. The van der Waals surface area contributed by atoms with Crippen molar-refractivity contribution in [1.29, 1.82) is 0 Å². The van der Waals surface area contributed by atoms with Crippen LogP contribution in [0.5, 0.6) is 0 Å². The molecule has 0 fully saturated rings. The minimum absolute atomic E-state index is 0.0488. The number of carbonyl (C=O) groups is 1. The molecule has 0 N–H and O–H groups in total. The van der Waals surface area contributed by atoms with E-state index in [4.69, 9.17) is 0 Å². The molecule has 0 atom stereocenters. The summed E-state index contributed by atoms with van der Waals surface area (Å²) in [5.41, 5.74) is 1.24. The van der Waals surface area contributed by atoms with E-state index in [1.807, 2.05) is 0 Å². The molecule has 1 rings (SSSR count). The first kappa shape index (κ1) is 10.3. The van der Waals surface area contributed by atoms with Gasteiger partial charge in [0.2, 0.25) is 0 Å². The van der Waals surface area contributed by atoms with Crippen LogP contribution in [0.4, 0.5) is 4.53 Å². The number of hydrogen-bond donors (Lipinski definition) is 0. The van der Waals surface area contributed by atoms with E-state index in [9.17, 15) is 14.2 Å². The fourth-order valence-corrected chi connectivity index (χ4v) is 1.10. The topological polar surface area (TPSA) is 55.7 Å². The van der Waals surface area contributed by atoms with Gasteiger partial charge in [0.15, 0.2) is 0 Å². The van der Waals surface area contributed by atoms with Crippen molar-refractivity contribution in [2.75, 3.05) is 0 Å². The molecule has 0 aliphatic rings. The third-order valence-corrected chi connectivity index (χ3v) is 1.84. The van der Waals surface area contributed by atoms with Crippen molar-refractivity contribution in [2.45, 2.75) is 13.5 Å². The number of benzene rings is 1. The van der Waals surface area contributed by atoms with Crippen LogP contribution in [-0.4, -0.2) is 5.97 Å². The van der Waals surface area contributed by atoms with E-state index in [1.165, 1.54) is 6.07 Å². The summed E-state index contributed by atoms with van der Waals surface area (Å²) >= 11 is 0. The number of rotatable bonds is 3. The van der Waals surface area contributed by atoms with Gasteiger partial charge in [0.25, 0.3) is 0 Å². The fourth-order valence-electron chi connectivity index (χ4n) is 1.10. The Bertz CT molecular complexity index is 365. The first-order valence-electron chi connectivity index (χ1n) is 3.90. The third kappa shape index (κ3) is 2.12. The van der Waals surface area contributed by atoms with Crippen LogP contribution < -0.4 is 0 Å². The Balaban J connectivity index is 3.07. The molecule has 1 aromatic carbocycles. The van der Waals surface area contributed by atoms with Gasteiger partial charge in [-0.1, -0.05) is 17.3 Å². The summed E-state index contributed by atoms with van der Waals surface area (Å²) in [4.78, 5) is 24.0. The van der Waals surface area contributed by atoms with Crippen LogP contribution in [0.15, 0.2) is 23.4 Å². The highest BCUT2D eigenvalue weighted by atomic mass is 19.3. The van der Waals surface area contributed by atoms with Gasteiger partial charge >= 0.3 is 5.97 Å². The number of nitroso groups, excluding NO2 is 1. The molecule has 0 aromatic heterocycles. The second-order valence-corrected chi connectivity index (χ2v) is 2.80. The summed E-state index contributed by atoms with van der Waals surface area (Å²) in [7, 11) is 0. The average Bonchev–Trinajstić information content (AvgIpc) is 2.20. The van der Waals surface area contributed by atoms with Crippen LogP contribution in [0, 0.1) is 11.8 Å². The highest BCUT2D eigenvalue weighted by Crippen LogP contribution is 2.13. The van der Waals surface area contributed by atoms with Gasteiger partial charge in [-0.3, -0.25) is 0 Å². The first-order chi connectivity index (χ1) is 6.69. The Morgan fingerprint density at radius 3 is 2.86 bits per heavy atom. The molecular weight excluding hydrogens is 189 g/mol. The molecule has 0 amide bonds. The van der Waals surface area contributed by atoms with E-state index < -0.39 is 5.97 Å². The molecule has 0 saturated carbocycles. The van der Waals surface area contributed by atoms with E-state index in [-0.39, 0.29) is 12.1 Å². The maximum Gasteiger partial charge on any atom is 0.379 e. The van der Waals surface area contributed by atoms with Gasteiger partial charge < -0.3 is 0 Å². The predicted molar refractivity (Wildman–Crippen MR) is 47.2 cm³/mol. The quantitative estimate of drug-likeness (QED) is 0.698. The largest absolute Gasteiger partial charge is 0.379 e. The van der Waals surface area contributed by atoms with Crippen LogP contribution in [0.3, 0.4) is 0 Å². The number of carbonyl (C=O) groups excluding carboxylic acids is 1. The van der Waals surface area contributed by atoms with Crippen molar-refractivity contribution in [3.8, 4) is 0 Å². The van der Waals surface area contributed by atoms with Crippen LogP contribution in [0.25, 0.3) is 0 Å². The fraction of sp³-hybridized carbons (Fsp3) is 0.222. The van der Waals surface area contributed by atoms with Crippen LogP contribution in [0.2, 0.25) is 0 Å². The zero-order valence-corrected chi connectivity index (χ0v) is 7.49. The highest BCUT2D eigenvalue weighted by Gasteiger charge is 2.11. The summed E-state index contributed by atoms with van der Waals surface area (Å²) in [6, 6.07) is 4.64. The molecule has 5 heteroatoms. The van der Waals surface area contributed by atoms with E-state index in [1.54, 1.807) is 19.1 Å². The molecule has 74 valence electrons. The number of halogens is 1. The van der Waals surface area contributed by atoms with Crippen molar-refractivity contribution in [3.63, 3.8) is 0 Å². The second-order valence-electron chi connectivity index (χ2n) is 2.80. The lowest BCUT2D eigenvalue weighted by Gasteiger charge is -2.02. The summed E-state index contributed by atoms with van der Waals surface area (Å²) < 4.78 is 11.6. The first-order valence-corrected chi connectivity index (χ1v) is 3.90. The maximum absolute atomic E-state index is 11.6. The molecule has 4 nitrogen and oxygen atoms in total. The van der Waals surface area contributed by atoms with Crippen molar-refractivity contribution in [1.82, 2.24) is 0 Å². The van der Waals surface area contributed by atoms with Gasteiger partial charge in [-0.15, -0.1) is 0 Å². The SMILES string of the molecule is Cc1ccc(CN=O)cc1C(=O)OF. The Morgan fingerprint density at radius 2 is 2.29 bits per heavy atom. The predicted octanol–water partition coefficient (Wildman–Crippen LogP) is 2.30. The van der Waals surface area contributed by atoms with Crippen molar-refractivity contribution in [3.05, 3.63) is 39.8 Å². The van der Waals surface area contributed by atoms with E-state index >= 15 is 0 Å². The van der Waals surface area contributed by atoms with Gasteiger partial charge in [0.1, 0.15) is 6.54 Å². The normalized spacial score (nSPS) is 9.57. The Morgan fingerprint density at radius 1 is 1.57 bits per heavy atom. The van der Waals surface area contributed by atoms with Gasteiger partial charge in [-0.25, -0.2) is 9.74 Å². The van der Waals surface area contributed by atoms with Crippen molar-refractivity contribution >= 4 is 5.97 Å². The lowest BCUT2D eigenvalue weighted by Crippen LogP contribution is -2.02. The molecule has 0 spiro atoms. The van der Waals surface area contributed by atoms with Crippen LogP contribution in [0.1, 0.15) is 21.5 Å². The lowest BCUT2D eigenvalue weighted by molar-refractivity contribution is -0.0788. The van der Waals surface area contributed by atoms with Crippen molar-refractivity contribution < 1.29 is 14.3 Å². The van der Waals surface area contributed by atoms with Gasteiger partial charge in [-0.2, -0.15) is 4.91 Å². The molecule has 0 aliphatic carbocycles. The molecule has 14 heavy (non-hydrogen) atoms. The molecule has 0 radical (unpaired) electrons. The minimum Gasteiger partial charge on any atom is -0.249 e. The molecule has 0 saturated heterocycles. The van der Waals surface area contributed by atoms with Crippen LogP contribution in [-0.2, 0) is 11.5 Å². The van der Waals surface area contributed by atoms with Crippen LogP contribution >= 0.6 is 0 Å². The standard InChI is InChI=1S/C9H8FNO3/c1-6-2-3-7(5-11-13)4-8(6)9(12)14-10/h2-4H,5H2,1H3. The Hall–Kier alpha value is -1.78. The maximum atomic E-state index is 11.6. The Kier molecular flexibility index (Phi) is 3.28. The Labute approximate surface area is 79.6 Å².